The van der Waals surface area contributed by atoms with Crippen LogP contribution in [-0.2, 0) is 9.59 Å². The molecule has 1 heterocycles. The monoisotopic (exact) mass is 281 g/mol. The van der Waals surface area contributed by atoms with Crippen LogP contribution >= 0.6 is 0 Å². The van der Waals surface area contributed by atoms with Crippen molar-refractivity contribution in [2.75, 3.05) is 13.1 Å². The van der Waals surface area contributed by atoms with Crippen molar-refractivity contribution in [3.63, 3.8) is 0 Å². The van der Waals surface area contributed by atoms with Crippen LogP contribution in [0.25, 0.3) is 0 Å². The fraction of sp³-hybridized carbons (Fsp3) is 0.846. The summed E-state index contributed by atoms with van der Waals surface area (Å²) in [5.74, 6) is -1.59. The van der Waals surface area contributed by atoms with E-state index in [4.69, 9.17) is 19.3 Å². The highest BCUT2D eigenvalue weighted by Gasteiger charge is 2.50. The third-order valence-corrected chi connectivity index (χ3v) is 4.09. The number of rotatable bonds is 6. The first-order valence-electron chi connectivity index (χ1n) is 7.00. The molecule has 1 aliphatic heterocycles. The molecule has 1 fully saturated rings. The van der Waals surface area contributed by atoms with Crippen molar-refractivity contribution in [1.29, 1.82) is 0 Å². The normalized spacial score (nSPS) is 27.9. The van der Waals surface area contributed by atoms with Crippen molar-refractivity contribution >= 4 is 19.7 Å². The molecule has 20 heavy (non-hydrogen) atoms. The molecule has 0 spiro atoms. The zero-order valence-corrected chi connectivity index (χ0v) is 12.2. The molecule has 0 aromatic rings. The molecule has 0 bridgehead atoms. The van der Waals surface area contributed by atoms with Crippen molar-refractivity contribution in [3.8, 4) is 0 Å². The van der Waals surface area contributed by atoms with E-state index in [0.29, 0.717) is 25.7 Å². The molecular formula is C13H24BN3O3. The smallest absolute Gasteiger partial charge is 0.325 e. The standard InChI is InChI=1S/C13H24BN3O3/c1-8(2)10(15)11(18)17-6-9(4-3-5-14)13(16,7-17)12(19)20/h8-10H,3-7,15-16H2,1-2H3,(H,19,20)/t9-,10-,13-/m0/s1. The largest absolute Gasteiger partial charge is 0.480 e. The molecule has 1 rings (SSSR count). The Balaban J connectivity index is 2.84. The molecule has 1 saturated heterocycles. The summed E-state index contributed by atoms with van der Waals surface area (Å²) >= 11 is 0. The summed E-state index contributed by atoms with van der Waals surface area (Å²) < 4.78 is 0. The van der Waals surface area contributed by atoms with Gasteiger partial charge < -0.3 is 21.5 Å². The van der Waals surface area contributed by atoms with E-state index in [0.717, 1.165) is 0 Å². The Kier molecular flexibility index (Phi) is 5.59. The Morgan fingerprint density at radius 3 is 2.55 bits per heavy atom. The molecular weight excluding hydrogens is 257 g/mol. The third kappa shape index (κ3) is 3.33. The molecule has 0 saturated carbocycles. The highest BCUT2D eigenvalue weighted by Crippen LogP contribution is 2.30. The molecule has 6 nitrogen and oxygen atoms in total. The van der Waals surface area contributed by atoms with Crippen LogP contribution in [0.5, 0.6) is 0 Å². The van der Waals surface area contributed by atoms with Crippen molar-refractivity contribution in [2.24, 2.45) is 23.3 Å². The van der Waals surface area contributed by atoms with Crippen LogP contribution in [0.15, 0.2) is 0 Å². The summed E-state index contributed by atoms with van der Waals surface area (Å²) in [7, 11) is 5.46. The molecule has 0 aliphatic carbocycles. The number of hydrogen-bond acceptors (Lipinski definition) is 4. The SMILES string of the molecule is [B]CCC[C@H]1CN(C(=O)[C@@H](N)C(C)C)C[C@@]1(N)C(=O)O. The number of amides is 1. The zero-order valence-electron chi connectivity index (χ0n) is 12.2. The molecule has 0 unspecified atom stereocenters. The lowest BCUT2D eigenvalue weighted by Gasteiger charge is -2.25. The van der Waals surface area contributed by atoms with Gasteiger partial charge in [-0.1, -0.05) is 26.6 Å². The van der Waals surface area contributed by atoms with Crippen molar-refractivity contribution in [2.45, 2.75) is 44.6 Å². The van der Waals surface area contributed by atoms with Crippen LogP contribution < -0.4 is 11.5 Å². The number of carbonyl (C=O) groups is 2. The second kappa shape index (κ2) is 6.58. The van der Waals surface area contributed by atoms with Gasteiger partial charge in [0, 0.05) is 19.0 Å². The maximum Gasteiger partial charge on any atom is 0.325 e. The van der Waals surface area contributed by atoms with Crippen molar-refractivity contribution in [1.82, 2.24) is 4.90 Å². The maximum atomic E-state index is 12.2. The Hall–Kier alpha value is -1.08. The molecule has 2 radical (unpaired) electrons. The van der Waals surface area contributed by atoms with Gasteiger partial charge in [0.15, 0.2) is 0 Å². The van der Waals surface area contributed by atoms with Gasteiger partial charge in [0.1, 0.15) is 5.54 Å². The molecule has 3 atom stereocenters. The second-order valence-corrected chi connectivity index (χ2v) is 5.96. The van der Waals surface area contributed by atoms with Gasteiger partial charge >= 0.3 is 5.97 Å². The first-order chi connectivity index (χ1) is 9.24. The fourth-order valence-electron chi connectivity index (χ4n) is 2.56. The lowest BCUT2D eigenvalue weighted by molar-refractivity contribution is -0.144. The Morgan fingerprint density at radius 2 is 2.10 bits per heavy atom. The van der Waals surface area contributed by atoms with Crippen LogP contribution in [-0.4, -0.2) is 54.4 Å². The molecule has 5 N–H and O–H groups in total. The minimum Gasteiger partial charge on any atom is -0.480 e. The highest BCUT2D eigenvalue weighted by molar-refractivity contribution is 6.08. The lowest BCUT2D eigenvalue weighted by atomic mass is 9.83. The van der Waals surface area contributed by atoms with Gasteiger partial charge in [-0.15, -0.1) is 0 Å². The van der Waals surface area contributed by atoms with E-state index >= 15 is 0 Å². The number of carboxylic acid groups (broad SMARTS) is 1. The first kappa shape index (κ1) is 17.0. The predicted octanol–water partition coefficient (Wildman–Crippen LogP) is -0.423. The average molecular weight is 281 g/mol. The van der Waals surface area contributed by atoms with E-state index in [1.165, 1.54) is 4.90 Å². The van der Waals surface area contributed by atoms with E-state index < -0.39 is 17.6 Å². The number of aliphatic carboxylic acids is 1. The summed E-state index contributed by atoms with van der Waals surface area (Å²) in [6.07, 6.45) is 1.76. The van der Waals surface area contributed by atoms with Gasteiger partial charge in [0.2, 0.25) is 5.91 Å². The topological polar surface area (TPSA) is 110 Å². The van der Waals surface area contributed by atoms with Crippen LogP contribution in [0.4, 0.5) is 0 Å². The van der Waals surface area contributed by atoms with E-state index in [1.807, 2.05) is 13.8 Å². The highest BCUT2D eigenvalue weighted by atomic mass is 16.4. The predicted molar refractivity (Wildman–Crippen MR) is 77.2 cm³/mol. The molecule has 1 aliphatic rings. The maximum absolute atomic E-state index is 12.2. The Morgan fingerprint density at radius 1 is 1.50 bits per heavy atom. The Bertz CT molecular complexity index is 378. The number of carbonyl (C=O) groups excluding carboxylic acids is 1. The van der Waals surface area contributed by atoms with Gasteiger partial charge in [-0.25, -0.2) is 0 Å². The number of nitrogens with zero attached hydrogens (tertiary/aromatic N) is 1. The van der Waals surface area contributed by atoms with Gasteiger partial charge in [-0.2, -0.15) is 0 Å². The zero-order chi connectivity index (χ0) is 15.5. The first-order valence-corrected chi connectivity index (χ1v) is 7.00. The summed E-state index contributed by atoms with van der Waals surface area (Å²) in [5, 5.41) is 9.36. The number of hydrogen-bond donors (Lipinski definition) is 3. The van der Waals surface area contributed by atoms with E-state index in [1.54, 1.807) is 0 Å². The summed E-state index contributed by atoms with van der Waals surface area (Å²) in [6, 6.07) is -0.624. The van der Waals surface area contributed by atoms with E-state index in [2.05, 4.69) is 0 Å². The summed E-state index contributed by atoms with van der Waals surface area (Å²) in [5.41, 5.74) is 10.5. The molecule has 0 aromatic heterocycles. The molecule has 112 valence electrons. The van der Waals surface area contributed by atoms with Gasteiger partial charge in [-0.05, 0) is 12.3 Å². The van der Waals surface area contributed by atoms with Gasteiger partial charge in [0.25, 0.3) is 0 Å². The second-order valence-electron chi connectivity index (χ2n) is 5.96. The lowest BCUT2D eigenvalue weighted by Crippen LogP contribution is -2.55. The number of likely N-dealkylation sites (tertiary alicyclic amines) is 1. The average Bonchev–Trinajstić information content (AvgIpc) is 2.73. The summed E-state index contributed by atoms with van der Waals surface area (Å²) in [4.78, 5) is 25.2. The summed E-state index contributed by atoms with van der Waals surface area (Å²) in [6.45, 7) is 4.06. The van der Waals surface area contributed by atoms with Gasteiger partial charge in [-0.3, -0.25) is 9.59 Å². The van der Waals surface area contributed by atoms with Crippen LogP contribution in [0, 0.1) is 11.8 Å². The van der Waals surface area contributed by atoms with Crippen molar-refractivity contribution in [3.05, 3.63) is 0 Å². The van der Waals surface area contributed by atoms with Crippen LogP contribution in [0.2, 0.25) is 6.32 Å². The van der Waals surface area contributed by atoms with Crippen molar-refractivity contribution < 1.29 is 14.7 Å². The van der Waals surface area contributed by atoms with Crippen LogP contribution in [0.3, 0.4) is 0 Å². The minimum absolute atomic E-state index is 0.00240. The van der Waals surface area contributed by atoms with Gasteiger partial charge in [0.05, 0.1) is 13.9 Å². The molecule has 0 aromatic carbocycles. The quantitative estimate of drug-likeness (QED) is 0.573. The van der Waals surface area contributed by atoms with E-state index in [-0.39, 0.29) is 24.3 Å². The minimum atomic E-state index is -1.40. The van der Waals surface area contributed by atoms with Crippen LogP contribution in [0.1, 0.15) is 26.7 Å². The molecule has 7 heteroatoms. The molecule has 1 amide bonds. The number of carboxylic acids is 1. The number of nitrogens with two attached hydrogens (primary N) is 2. The fourth-order valence-corrected chi connectivity index (χ4v) is 2.56. The third-order valence-electron chi connectivity index (χ3n) is 4.09. The van der Waals surface area contributed by atoms with E-state index in [9.17, 15) is 14.7 Å². The Labute approximate surface area is 121 Å².